The van der Waals surface area contributed by atoms with Crippen molar-refractivity contribution in [3.8, 4) is 0 Å². The first kappa shape index (κ1) is 53.1. The lowest BCUT2D eigenvalue weighted by Gasteiger charge is -2.39. The van der Waals surface area contributed by atoms with Crippen LogP contribution in [0.4, 0.5) is 0 Å². The molecule has 14 rings (SSSR count). The number of para-hydroxylation sites is 2. The van der Waals surface area contributed by atoms with Crippen LogP contribution in [0.3, 0.4) is 0 Å². The zero-order valence-electron chi connectivity index (χ0n) is 46.1. The van der Waals surface area contributed by atoms with E-state index in [-0.39, 0.29) is 34.0 Å². The van der Waals surface area contributed by atoms with Gasteiger partial charge in [0.1, 0.15) is 12.2 Å². The number of nitrogens with one attached hydrogen (secondary N) is 4. The summed E-state index contributed by atoms with van der Waals surface area (Å²) in [6, 6.07) is 27.3. The monoisotopic (exact) mass is 1230 g/mol. The Kier molecular flexibility index (Phi) is 12.0. The van der Waals surface area contributed by atoms with Crippen molar-refractivity contribution in [2.45, 2.75) is 127 Å². The summed E-state index contributed by atoms with van der Waals surface area (Å²) < 4.78 is 19.6. The SMILES string of the molecule is CC(C)(C)[Si](C)(C)O[C@@H]1C=C[C@H](n2c3ccccc3c3c4c(c5c6cc(Br)ccc6[nH]c5c32)C(=O)NC4=O)C1.CC(C)(C)[Si](C)(C)O[C@H]1C[C@@H](n2c3ccccc3c3c4c(c5c6cc(Br)ccc6[nH]c5c32)C(=O)NC4=O)[C@H](O)[C@@H]1O. The summed E-state index contributed by atoms with van der Waals surface area (Å²) in [4.78, 5) is 60.4. The van der Waals surface area contributed by atoms with Gasteiger partial charge in [0.15, 0.2) is 16.6 Å². The van der Waals surface area contributed by atoms with Gasteiger partial charge >= 0.3 is 0 Å². The fourth-order valence-electron chi connectivity index (χ4n) is 12.7. The highest BCUT2D eigenvalue weighted by Crippen LogP contribution is 2.51. The zero-order chi connectivity index (χ0) is 56.6. The van der Waals surface area contributed by atoms with Gasteiger partial charge in [-0.2, -0.15) is 0 Å². The second-order valence-corrected chi connectivity index (χ2v) is 36.6. The number of nitrogens with zero attached hydrogens (tertiary/aromatic N) is 2. The number of carbonyl (C=O) groups is 4. The van der Waals surface area contributed by atoms with Gasteiger partial charge in [-0.25, -0.2) is 0 Å². The minimum Gasteiger partial charge on any atom is -0.411 e. The summed E-state index contributed by atoms with van der Waals surface area (Å²) in [5, 5.41) is 34.5. The Morgan fingerprint density at radius 1 is 0.537 bits per heavy atom. The molecular weight excluding hydrogens is 1170 g/mol. The molecule has 410 valence electrons. The fourth-order valence-corrected chi connectivity index (χ4v) is 16.0. The molecular formula is C62H62Br2N6O8Si2. The Balaban J connectivity index is 0.000000151. The van der Waals surface area contributed by atoms with E-state index in [4.69, 9.17) is 8.85 Å². The standard InChI is InChI=1S/C31H32BrN3O5Si.C31H30BrN3O3Si/c1-31(2,3)41(4,5)40-20-13-19(27(36)28(20)37)35-18-9-7-6-8-15(18)22-24-23(29(38)34-30(24)39)21-16-12-14(32)10-11-17(16)33-25(21)26(22)35;1-31(2,3)39(4,5)38-18-12-11-17(15-18)35-22-9-7-6-8-19(22)24-26-25(29(36)34-30(26)37)23-20-14-16(32)10-13-21(20)33-27(23)28(24)35/h6-12,19-20,27-28,33,36-37H,13H2,1-5H3,(H,34,38,39);6-14,17-18,33H,15H2,1-5H3,(H,34,36,37)/t19-,20+,27+,28-;17-,18+/m10/s1. The Labute approximate surface area is 479 Å². The van der Waals surface area contributed by atoms with Crippen molar-refractivity contribution in [1.82, 2.24) is 29.7 Å². The van der Waals surface area contributed by atoms with Crippen molar-refractivity contribution in [2.75, 3.05) is 0 Å². The molecule has 18 heteroatoms. The van der Waals surface area contributed by atoms with Gasteiger partial charge in [-0.05, 0) is 91.2 Å². The fraction of sp³-hybridized carbons (Fsp3) is 0.323. The van der Waals surface area contributed by atoms with Crippen molar-refractivity contribution in [3.63, 3.8) is 0 Å². The van der Waals surface area contributed by atoms with Gasteiger partial charge in [0.2, 0.25) is 0 Å². The van der Waals surface area contributed by atoms with E-state index < -0.39 is 52.8 Å². The molecule has 4 aliphatic rings. The first-order valence-corrected chi connectivity index (χ1v) is 34.7. The van der Waals surface area contributed by atoms with Crippen molar-refractivity contribution in [1.29, 1.82) is 0 Å². The number of carbonyl (C=O) groups excluding carboxylic acids is 4. The zero-order valence-corrected chi connectivity index (χ0v) is 51.3. The molecule has 4 aromatic heterocycles. The number of imide groups is 2. The van der Waals surface area contributed by atoms with Crippen LogP contribution in [0.25, 0.3) is 87.2 Å². The summed E-state index contributed by atoms with van der Waals surface area (Å²) in [6.45, 7) is 22.1. The molecule has 1 fully saturated rings. The molecule has 0 bridgehead atoms. The molecule has 6 N–H and O–H groups in total. The maximum Gasteiger partial charge on any atom is 0.259 e. The van der Waals surface area contributed by atoms with Crippen molar-refractivity contribution in [2.24, 2.45) is 0 Å². The van der Waals surface area contributed by atoms with E-state index >= 15 is 0 Å². The number of amides is 4. The van der Waals surface area contributed by atoms with Crippen LogP contribution in [0.15, 0.2) is 106 Å². The lowest BCUT2D eigenvalue weighted by atomic mass is 9.96. The normalized spacial score (nSPS) is 21.6. The molecule has 0 spiro atoms. The number of fused-ring (bicyclic) bond motifs is 20. The highest BCUT2D eigenvalue weighted by atomic mass is 79.9. The van der Waals surface area contributed by atoms with Crippen molar-refractivity contribution >= 4 is 159 Å². The molecule has 0 saturated heterocycles. The van der Waals surface area contributed by atoms with Crippen LogP contribution in [0.1, 0.15) is 108 Å². The van der Waals surface area contributed by atoms with Gasteiger partial charge in [-0.15, -0.1) is 0 Å². The predicted molar refractivity (Wildman–Crippen MR) is 329 cm³/mol. The predicted octanol–water partition coefficient (Wildman–Crippen LogP) is 14.1. The van der Waals surface area contributed by atoms with Gasteiger partial charge < -0.3 is 38.2 Å². The summed E-state index contributed by atoms with van der Waals surface area (Å²) in [6.07, 6.45) is 2.98. The minimum absolute atomic E-state index is 0.0283. The molecule has 4 amide bonds. The molecule has 0 unspecified atom stereocenters. The van der Waals surface area contributed by atoms with Gasteiger partial charge in [-0.3, -0.25) is 29.8 Å². The van der Waals surface area contributed by atoms with E-state index in [1.54, 1.807) is 0 Å². The average Bonchev–Trinajstić information content (AvgIpc) is 3.87. The third kappa shape index (κ3) is 7.79. The number of allylic oxidation sites excluding steroid dienone is 1. The molecule has 6 heterocycles. The van der Waals surface area contributed by atoms with Crippen LogP contribution >= 0.6 is 31.9 Å². The number of aromatic nitrogens is 4. The minimum atomic E-state index is -2.25. The number of H-pyrrole nitrogens is 2. The number of rotatable bonds is 6. The lowest BCUT2D eigenvalue weighted by molar-refractivity contribution is -0.0199. The average molecular weight is 1240 g/mol. The maximum atomic E-state index is 13.4. The Morgan fingerprint density at radius 2 is 0.975 bits per heavy atom. The number of aromatic amines is 2. The number of hydrogen-bond donors (Lipinski definition) is 6. The summed E-state index contributed by atoms with van der Waals surface area (Å²) in [7, 11) is -4.20. The molecule has 0 radical (unpaired) electrons. The van der Waals surface area contributed by atoms with Crippen LogP contribution in [-0.4, -0.2) is 94.0 Å². The van der Waals surface area contributed by atoms with E-state index in [9.17, 15) is 29.4 Å². The molecule has 1 saturated carbocycles. The molecule has 2 aliphatic carbocycles. The molecule has 6 atom stereocenters. The largest absolute Gasteiger partial charge is 0.411 e. The third-order valence-electron chi connectivity index (χ3n) is 18.5. The van der Waals surface area contributed by atoms with Gasteiger partial charge in [-0.1, -0.05) is 122 Å². The first-order valence-electron chi connectivity index (χ1n) is 27.3. The summed E-state index contributed by atoms with van der Waals surface area (Å²) in [5.41, 5.74) is 8.48. The van der Waals surface area contributed by atoms with Crippen LogP contribution in [0.2, 0.25) is 36.3 Å². The topological polar surface area (TPSA) is 193 Å². The summed E-state index contributed by atoms with van der Waals surface area (Å²) in [5.74, 6) is -1.54. The highest BCUT2D eigenvalue weighted by molar-refractivity contribution is 9.10. The van der Waals surface area contributed by atoms with Crippen molar-refractivity contribution in [3.05, 3.63) is 128 Å². The van der Waals surface area contributed by atoms with Crippen LogP contribution in [0, 0.1) is 0 Å². The van der Waals surface area contributed by atoms with E-state index in [0.29, 0.717) is 45.0 Å². The first-order chi connectivity index (χ1) is 37.8. The second kappa shape index (κ2) is 18.1. The lowest BCUT2D eigenvalue weighted by Crippen LogP contribution is -2.46. The number of aliphatic hydroxyl groups is 2. The van der Waals surface area contributed by atoms with E-state index in [2.05, 4.69) is 154 Å². The van der Waals surface area contributed by atoms with E-state index in [1.165, 1.54) is 0 Å². The Bertz CT molecular complexity index is 4440. The number of aliphatic hydroxyl groups excluding tert-OH is 2. The van der Waals surface area contributed by atoms with E-state index in [0.717, 1.165) is 86.3 Å². The summed E-state index contributed by atoms with van der Waals surface area (Å²) >= 11 is 7.15. The third-order valence-corrected chi connectivity index (χ3v) is 28.5. The molecule has 6 aromatic carbocycles. The van der Waals surface area contributed by atoms with Crippen LogP contribution in [0.5, 0.6) is 0 Å². The van der Waals surface area contributed by atoms with Crippen molar-refractivity contribution < 1.29 is 38.2 Å². The van der Waals surface area contributed by atoms with Gasteiger partial charge in [0.25, 0.3) is 23.6 Å². The number of halogens is 2. The van der Waals surface area contributed by atoms with Gasteiger partial charge in [0.05, 0.1) is 68.6 Å². The quantitative estimate of drug-likeness (QED) is 0.0538. The Hall–Kier alpha value is -6.23. The second-order valence-electron chi connectivity index (χ2n) is 25.2. The molecule has 80 heavy (non-hydrogen) atoms. The number of benzene rings is 6. The highest BCUT2D eigenvalue weighted by Gasteiger charge is 2.50. The Morgan fingerprint density at radius 3 is 1.46 bits per heavy atom. The number of hydrogen-bond acceptors (Lipinski definition) is 8. The maximum absolute atomic E-state index is 13.4. The van der Waals surface area contributed by atoms with Gasteiger partial charge in [0, 0.05) is 80.5 Å². The van der Waals surface area contributed by atoms with E-state index in [1.807, 2.05) is 72.8 Å². The van der Waals surface area contributed by atoms with Crippen LogP contribution in [-0.2, 0) is 8.85 Å². The molecule has 2 aliphatic heterocycles. The molecule has 14 nitrogen and oxygen atoms in total. The van der Waals surface area contributed by atoms with Crippen LogP contribution < -0.4 is 10.6 Å². The molecule has 10 aromatic rings. The smallest absolute Gasteiger partial charge is 0.259 e.